The Balaban J connectivity index is 1.86. The first-order valence-corrected chi connectivity index (χ1v) is 5.90. The van der Waals surface area contributed by atoms with Crippen LogP contribution in [0, 0.1) is 6.92 Å². The maximum absolute atomic E-state index is 4.28. The summed E-state index contributed by atoms with van der Waals surface area (Å²) >= 11 is 1.81. The molecule has 2 rings (SSSR count). The van der Waals surface area contributed by atoms with Gasteiger partial charge in [0.15, 0.2) is 0 Å². The Morgan fingerprint density at radius 1 is 1.53 bits per heavy atom. The minimum Gasteiger partial charge on any atom is -0.382 e. The van der Waals surface area contributed by atoms with E-state index in [9.17, 15) is 0 Å². The molecule has 0 aliphatic rings. The van der Waals surface area contributed by atoms with Crippen LogP contribution in [-0.2, 0) is 13.5 Å². The van der Waals surface area contributed by atoms with Gasteiger partial charge in [0.2, 0.25) is 0 Å². The third-order valence-electron chi connectivity index (χ3n) is 2.28. The number of aromatic nitrogens is 2. The van der Waals surface area contributed by atoms with E-state index < -0.39 is 0 Å². The van der Waals surface area contributed by atoms with Crippen LogP contribution >= 0.6 is 11.3 Å². The molecule has 80 valence electrons. The van der Waals surface area contributed by atoms with E-state index in [-0.39, 0.29) is 0 Å². The first-order valence-electron chi connectivity index (χ1n) is 5.02. The lowest BCUT2D eigenvalue weighted by atomic mass is 10.3. The average molecular weight is 221 g/mol. The summed E-state index contributed by atoms with van der Waals surface area (Å²) in [5, 5.41) is 9.79. The highest BCUT2D eigenvalue weighted by Gasteiger charge is 2.01. The van der Waals surface area contributed by atoms with E-state index in [4.69, 9.17) is 0 Å². The lowest BCUT2D eigenvalue weighted by molar-refractivity contribution is 0.756. The van der Waals surface area contributed by atoms with Gasteiger partial charge in [-0.15, -0.1) is 11.3 Å². The van der Waals surface area contributed by atoms with Crippen molar-refractivity contribution in [2.24, 2.45) is 7.05 Å². The number of hydrogen-bond donors (Lipinski definition) is 1. The molecule has 1 N–H and O–H groups in total. The van der Waals surface area contributed by atoms with Gasteiger partial charge in [0.05, 0.1) is 11.4 Å². The van der Waals surface area contributed by atoms with E-state index >= 15 is 0 Å². The maximum atomic E-state index is 4.28. The molecule has 3 nitrogen and oxygen atoms in total. The van der Waals surface area contributed by atoms with Gasteiger partial charge in [-0.1, -0.05) is 6.07 Å². The van der Waals surface area contributed by atoms with Crippen molar-refractivity contribution in [1.29, 1.82) is 0 Å². The Kier molecular flexibility index (Phi) is 3.06. The van der Waals surface area contributed by atoms with E-state index in [0.29, 0.717) is 0 Å². The van der Waals surface area contributed by atoms with Gasteiger partial charge in [-0.3, -0.25) is 4.68 Å². The van der Waals surface area contributed by atoms with Crippen molar-refractivity contribution in [3.8, 4) is 0 Å². The van der Waals surface area contributed by atoms with Crippen LogP contribution in [0.25, 0.3) is 0 Å². The first kappa shape index (κ1) is 10.2. The van der Waals surface area contributed by atoms with Crippen LogP contribution in [0.1, 0.15) is 10.6 Å². The molecule has 15 heavy (non-hydrogen) atoms. The average Bonchev–Trinajstić information content (AvgIpc) is 2.77. The molecule has 0 aromatic carbocycles. The lowest BCUT2D eigenvalue weighted by Gasteiger charge is -2.02. The molecule has 0 amide bonds. The van der Waals surface area contributed by atoms with Gasteiger partial charge in [0.1, 0.15) is 0 Å². The van der Waals surface area contributed by atoms with E-state index in [1.54, 1.807) is 11.3 Å². The van der Waals surface area contributed by atoms with Crippen LogP contribution in [-0.4, -0.2) is 16.3 Å². The molecule has 0 fully saturated rings. The largest absolute Gasteiger partial charge is 0.382 e. The van der Waals surface area contributed by atoms with Crippen molar-refractivity contribution < 1.29 is 0 Å². The van der Waals surface area contributed by atoms with Crippen molar-refractivity contribution in [1.82, 2.24) is 9.78 Å². The fourth-order valence-electron chi connectivity index (χ4n) is 1.55. The van der Waals surface area contributed by atoms with Gasteiger partial charge in [-0.2, -0.15) is 5.10 Å². The second-order valence-electron chi connectivity index (χ2n) is 3.56. The summed E-state index contributed by atoms with van der Waals surface area (Å²) < 4.78 is 1.84. The molecule has 0 saturated carbocycles. The normalized spacial score (nSPS) is 10.5. The minimum absolute atomic E-state index is 0.965. The van der Waals surface area contributed by atoms with Crippen molar-refractivity contribution in [2.45, 2.75) is 13.3 Å². The zero-order valence-corrected chi connectivity index (χ0v) is 9.84. The lowest BCUT2D eigenvalue weighted by Crippen LogP contribution is -2.03. The molecule has 2 aromatic rings. The Morgan fingerprint density at radius 3 is 3.00 bits per heavy atom. The fourth-order valence-corrected chi connectivity index (χ4v) is 2.26. The highest BCUT2D eigenvalue weighted by atomic mass is 32.1. The Morgan fingerprint density at radius 2 is 2.40 bits per heavy atom. The summed E-state index contributed by atoms with van der Waals surface area (Å²) in [6.45, 7) is 2.99. The van der Waals surface area contributed by atoms with Crippen molar-refractivity contribution >= 4 is 17.0 Å². The second kappa shape index (κ2) is 4.49. The molecule has 0 atom stereocenters. The highest BCUT2D eigenvalue weighted by molar-refractivity contribution is 7.09. The molecule has 2 heterocycles. The first-order chi connectivity index (χ1) is 7.25. The Hall–Kier alpha value is -1.29. The molecule has 2 aromatic heterocycles. The Bertz CT molecular complexity index is 417. The van der Waals surface area contributed by atoms with E-state index in [1.165, 1.54) is 4.88 Å². The molecule has 0 unspecified atom stereocenters. The van der Waals surface area contributed by atoms with Gasteiger partial charge in [-0.25, -0.2) is 0 Å². The molecule has 0 aliphatic carbocycles. The van der Waals surface area contributed by atoms with Gasteiger partial charge >= 0.3 is 0 Å². The molecular weight excluding hydrogens is 206 g/mol. The Labute approximate surface area is 93.7 Å². The molecule has 0 aliphatic heterocycles. The summed E-state index contributed by atoms with van der Waals surface area (Å²) in [6, 6.07) is 4.26. The van der Waals surface area contributed by atoms with Crippen molar-refractivity contribution in [3.63, 3.8) is 0 Å². The molecular formula is C11H15N3S. The smallest absolute Gasteiger partial charge is 0.0824 e. The molecule has 0 bridgehead atoms. The van der Waals surface area contributed by atoms with E-state index in [0.717, 1.165) is 24.3 Å². The zero-order chi connectivity index (χ0) is 10.7. The summed E-state index contributed by atoms with van der Waals surface area (Å²) in [5.74, 6) is 0. The third kappa shape index (κ3) is 2.59. The van der Waals surface area contributed by atoms with Crippen molar-refractivity contribution in [3.05, 3.63) is 34.3 Å². The number of rotatable bonds is 4. The number of thiophene rings is 1. The summed E-state index contributed by atoms with van der Waals surface area (Å²) in [7, 11) is 1.94. The number of hydrogen-bond acceptors (Lipinski definition) is 3. The van der Waals surface area contributed by atoms with Gasteiger partial charge in [-0.05, 0) is 24.8 Å². The minimum atomic E-state index is 0.965. The standard InChI is InChI=1S/C11H15N3S/c1-9-11(8-14(2)13-9)12-6-5-10-4-3-7-15-10/h3-4,7-8,12H,5-6H2,1-2H3. The third-order valence-corrected chi connectivity index (χ3v) is 3.22. The van der Waals surface area contributed by atoms with Crippen LogP contribution in [0.3, 0.4) is 0 Å². The number of nitrogens with zero attached hydrogens (tertiary/aromatic N) is 2. The summed E-state index contributed by atoms with van der Waals surface area (Å²) in [4.78, 5) is 1.42. The second-order valence-corrected chi connectivity index (χ2v) is 4.59. The molecule has 0 spiro atoms. The monoisotopic (exact) mass is 221 g/mol. The van der Waals surface area contributed by atoms with Gasteiger partial charge in [0, 0.05) is 24.7 Å². The van der Waals surface area contributed by atoms with Crippen LogP contribution in [0.15, 0.2) is 23.7 Å². The number of anilines is 1. The van der Waals surface area contributed by atoms with Gasteiger partial charge < -0.3 is 5.32 Å². The molecule has 0 radical (unpaired) electrons. The van der Waals surface area contributed by atoms with E-state index in [1.807, 2.05) is 24.9 Å². The summed E-state index contributed by atoms with van der Waals surface area (Å²) in [6.07, 6.45) is 3.09. The van der Waals surface area contributed by atoms with Crippen LogP contribution in [0.2, 0.25) is 0 Å². The summed E-state index contributed by atoms with van der Waals surface area (Å²) in [5.41, 5.74) is 2.19. The molecule has 0 saturated heterocycles. The predicted octanol–water partition coefficient (Wildman–Crippen LogP) is 2.44. The van der Waals surface area contributed by atoms with Crippen LogP contribution in [0.5, 0.6) is 0 Å². The molecule has 4 heteroatoms. The van der Waals surface area contributed by atoms with Crippen molar-refractivity contribution in [2.75, 3.05) is 11.9 Å². The van der Waals surface area contributed by atoms with Crippen LogP contribution in [0.4, 0.5) is 5.69 Å². The maximum Gasteiger partial charge on any atom is 0.0824 e. The quantitative estimate of drug-likeness (QED) is 0.859. The van der Waals surface area contributed by atoms with Gasteiger partial charge in [0.25, 0.3) is 0 Å². The number of aryl methyl sites for hydroxylation is 2. The zero-order valence-electron chi connectivity index (χ0n) is 9.03. The predicted molar refractivity (Wildman–Crippen MR) is 64.5 cm³/mol. The number of nitrogens with one attached hydrogen (secondary N) is 1. The topological polar surface area (TPSA) is 29.9 Å². The highest BCUT2D eigenvalue weighted by Crippen LogP contribution is 2.13. The fraction of sp³-hybridized carbons (Fsp3) is 0.364. The SMILES string of the molecule is Cc1nn(C)cc1NCCc1cccs1. The van der Waals surface area contributed by atoms with Crippen LogP contribution < -0.4 is 5.32 Å². The van der Waals surface area contributed by atoms with E-state index in [2.05, 4.69) is 27.9 Å².